The first-order valence-electron chi connectivity index (χ1n) is 8.27. The van der Waals surface area contributed by atoms with Crippen molar-refractivity contribution >= 4 is 27.3 Å². The van der Waals surface area contributed by atoms with Crippen LogP contribution in [0.5, 0.6) is 11.5 Å². The van der Waals surface area contributed by atoms with Crippen LogP contribution in [0.25, 0.3) is 27.5 Å². The Kier molecular flexibility index (Phi) is 3.75. The van der Waals surface area contributed by atoms with Gasteiger partial charge in [0.25, 0.3) is 0 Å². The van der Waals surface area contributed by atoms with E-state index in [4.69, 9.17) is 13.9 Å². The molecule has 0 radical (unpaired) electrons. The SMILES string of the molecule is COc1cccc(OCc2nn3c(-c4cc5ccccc5o4)nnc3s2)c1. The smallest absolute Gasteiger partial charge is 0.235 e. The van der Waals surface area contributed by atoms with Gasteiger partial charge in [0.15, 0.2) is 10.8 Å². The monoisotopic (exact) mass is 378 g/mol. The number of furan rings is 1. The zero-order valence-electron chi connectivity index (χ0n) is 14.3. The molecule has 3 aromatic heterocycles. The van der Waals surface area contributed by atoms with Gasteiger partial charge in [0.05, 0.1) is 7.11 Å². The lowest BCUT2D eigenvalue weighted by atomic mass is 10.2. The van der Waals surface area contributed by atoms with Crippen molar-refractivity contribution in [3.63, 3.8) is 0 Å². The van der Waals surface area contributed by atoms with Gasteiger partial charge in [-0.1, -0.05) is 35.6 Å². The molecule has 3 heterocycles. The molecular formula is C19H14N4O3S. The Bertz CT molecular complexity index is 1210. The fourth-order valence-electron chi connectivity index (χ4n) is 2.80. The predicted molar refractivity (Wildman–Crippen MR) is 101 cm³/mol. The summed E-state index contributed by atoms with van der Waals surface area (Å²) in [5.41, 5.74) is 0.807. The first-order chi connectivity index (χ1) is 13.3. The molecule has 0 bridgehead atoms. The molecule has 8 heteroatoms. The number of methoxy groups -OCH3 is 1. The quantitative estimate of drug-likeness (QED) is 0.457. The van der Waals surface area contributed by atoms with Crippen molar-refractivity contribution in [2.75, 3.05) is 7.11 Å². The minimum absolute atomic E-state index is 0.334. The van der Waals surface area contributed by atoms with Gasteiger partial charge < -0.3 is 13.9 Å². The van der Waals surface area contributed by atoms with Crippen molar-refractivity contribution < 1.29 is 13.9 Å². The molecule has 7 nitrogen and oxygen atoms in total. The molecule has 0 atom stereocenters. The largest absolute Gasteiger partial charge is 0.497 e. The zero-order valence-corrected chi connectivity index (χ0v) is 15.1. The maximum absolute atomic E-state index is 5.88. The summed E-state index contributed by atoms with van der Waals surface area (Å²) in [7, 11) is 1.63. The minimum Gasteiger partial charge on any atom is -0.497 e. The lowest BCUT2D eigenvalue weighted by Gasteiger charge is -2.05. The van der Waals surface area contributed by atoms with Gasteiger partial charge in [-0.15, -0.1) is 10.2 Å². The van der Waals surface area contributed by atoms with Gasteiger partial charge in [0, 0.05) is 11.5 Å². The van der Waals surface area contributed by atoms with Crippen LogP contribution in [0.1, 0.15) is 5.01 Å². The van der Waals surface area contributed by atoms with E-state index in [-0.39, 0.29) is 0 Å². The molecule has 0 spiro atoms. The van der Waals surface area contributed by atoms with Crippen molar-refractivity contribution in [1.29, 1.82) is 0 Å². The van der Waals surface area contributed by atoms with Gasteiger partial charge in [0.2, 0.25) is 10.8 Å². The topological polar surface area (TPSA) is 74.7 Å². The molecule has 27 heavy (non-hydrogen) atoms. The number of fused-ring (bicyclic) bond motifs is 2. The summed E-state index contributed by atoms with van der Waals surface area (Å²) >= 11 is 1.43. The average Bonchev–Trinajstić information content (AvgIpc) is 3.39. The zero-order chi connectivity index (χ0) is 18.2. The van der Waals surface area contributed by atoms with Crippen LogP contribution < -0.4 is 9.47 Å². The number of benzene rings is 2. The number of nitrogens with zero attached hydrogens (tertiary/aromatic N) is 4. The Morgan fingerprint density at radius 1 is 1.04 bits per heavy atom. The number of rotatable bonds is 5. The Balaban J connectivity index is 1.42. The minimum atomic E-state index is 0.334. The second kappa shape index (κ2) is 6.40. The van der Waals surface area contributed by atoms with E-state index in [1.165, 1.54) is 11.3 Å². The fraction of sp³-hybridized carbons (Fsp3) is 0.105. The summed E-state index contributed by atoms with van der Waals surface area (Å²) in [5.74, 6) is 2.68. The van der Waals surface area contributed by atoms with Gasteiger partial charge in [-0.2, -0.15) is 9.61 Å². The van der Waals surface area contributed by atoms with Crippen LogP contribution in [0.3, 0.4) is 0 Å². The second-order valence-corrected chi connectivity index (χ2v) is 6.87. The third kappa shape index (κ3) is 2.89. The summed E-state index contributed by atoms with van der Waals surface area (Å²) in [6, 6.07) is 17.2. The van der Waals surface area contributed by atoms with Crippen LogP contribution in [-0.4, -0.2) is 26.9 Å². The summed E-state index contributed by atoms with van der Waals surface area (Å²) in [6.45, 7) is 0.334. The van der Waals surface area contributed by atoms with Gasteiger partial charge >= 0.3 is 0 Å². The van der Waals surface area contributed by atoms with Crippen molar-refractivity contribution in [1.82, 2.24) is 19.8 Å². The molecule has 0 fully saturated rings. The second-order valence-electron chi connectivity index (χ2n) is 5.83. The van der Waals surface area contributed by atoms with E-state index in [2.05, 4.69) is 15.3 Å². The number of ether oxygens (including phenoxy) is 2. The molecule has 0 aliphatic rings. The van der Waals surface area contributed by atoms with E-state index in [0.717, 1.165) is 27.5 Å². The molecular weight excluding hydrogens is 364 g/mol. The lowest BCUT2D eigenvalue weighted by Crippen LogP contribution is -1.97. The molecule has 5 aromatic rings. The molecule has 0 N–H and O–H groups in total. The Morgan fingerprint density at radius 2 is 1.93 bits per heavy atom. The fourth-order valence-corrected chi connectivity index (χ4v) is 3.54. The average molecular weight is 378 g/mol. The third-order valence-electron chi connectivity index (χ3n) is 4.08. The van der Waals surface area contributed by atoms with E-state index in [1.54, 1.807) is 11.6 Å². The first-order valence-corrected chi connectivity index (χ1v) is 9.09. The van der Waals surface area contributed by atoms with Gasteiger partial charge in [0.1, 0.15) is 23.7 Å². The van der Waals surface area contributed by atoms with E-state index in [0.29, 0.717) is 23.2 Å². The molecule has 0 saturated heterocycles. The highest BCUT2D eigenvalue weighted by molar-refractivity contribution is 7.16. The highest BCUT2D eigenvalue weighted by Crippen LogP contribution is 2.28. The Morgan fingerprint density at radius 3 is 2.81 bits per heavy atom. The Hall–Kier alpha value is -3.39. The van der Waals surface area contributed by atoms with E-state index in [1.807, 2.05) is 54.6 Å². The standard InChI is InChI=1S/C19H14N4O3S/c1-24-13-6-4-7-14(10-13)25-11-17-22-23-18(20-21-19(23)27-17)16-9-12-5-2-3-8-15(12)26-16/h2-10H,11H2,1H3. The van der Waals surface area contributed by atoms with Crippen molar-refractivity contribution in [2.24, 2.45) is 0 Å². The van der Waals surface area contributed by atoms with E-state index in [9.17, 15) is 0 Å². The predicted octanol–water partition coefficient (Wildman–Crippen LogP) is 4.19. The normalized spacial score (nSPS) is 11.3. The van der Waals surface area contributed by atoms with Crippen LogP contribution in [0.2, 0.25) is 0 Å². The maximum Gasteiger partial charge on any atom is 0.235 e. The molecule has 0 unspecified atom stereocenters. The Labute approximate surface area is 157 Å². The first kappa shape index (κ1) is 15.8. The van der Waals surface area contributed by atoms with Gasteiger partial charge in [-0.25, -0.2) is 0 Å². The molecule has 134 valence electrons. The van der Waals surface area contributed by atoms with E-state index < -0.39 is 0 Å². The summed E-state index contributed by atoms with van der Waals surface area (Å²) < 4.78 is 18.6. The van der Waals surface area contributed by atoms with Crippen molar-refractivity contribution in [2.45, 2.75) is 6.61 Å². The van der Waals surface area contributed by atoms with Crippen molar-refractivity contribution in [3.8, 4) is 23.1 Å². The molecule has 0 aliphatic heterocycles. The molecule has 0 aliphatic carbocycles. The number of para-hydroxylation sites is 1. The van der Waals surface area contributed by atoms with Gasteiger partial charge in [-0.3, -0.25) is 0 Å². The lowest BCUT2D eigenvalue weighted by molar-refractivity contribution is 0.301. The molecule has 5 rings (SSSR count). The molecule has 0 saturated carbocycles. The van der Waals surface area contributed by atoms with Crippen LogP contribution in [-0.2, 0) is 6.61 Å². The van der Waals surface area contributed by atoms with Crippen LogP contribution >= 0.6 is 11.3 Å². The van der Waals surface area contributed by atoms with Crippen LogP contribution in [0, 0.1) is 0 Å². The summed E-state index contributed by atoms with van der Waals surface area (Å²) in [6.07, 6.45) is 0. The van der Waals surface area contributed by atoms with Gasteiger partial charge in [-0.05, 0) is 24.3 Å². The number of hydrogen-bond acceptors (Lipinski definition) is 7. The maximum atomic E-state index is 5.88. The number of aromatic nitrogens is 4. The summed E-state index contributed by atoms with van der Waals surface area (Å²) in [4.78, 5) is 0.690. The van der Waals surface area contributed by atoms with Crippen LogP contribution in [0.15, 0.2) is 59.0 Å². The molecule has 0 amide bonds. The highest BCUT2D eigenvalue weighted by atomic mass is 32.1. The van der Waals surface area contributed by atoms with Crippen LogP contribution in [0.4, 0.5) is 0 Å². The number of hydrogen-bond donors (Lipinski definition) is 0. The van der Waals surface area contributed by atoms with E-state index >= 15 is 0 Å². The molecule has 2 aromatic carbocycles. The third-order valence-corrected chi connectivity index (χ3v) is 4.95. The summed E-state index contributed by atoms with van der Waals surface area (Å²) in [5, 5.41) is 14.8. The highest BCUT2D eigenvalue weighted by Gasteiger charge is 2.17. The van der Waals surface area contributed by atoms with Crippen molar-refractivity contribution in [3.05, 3.63) is 59.6 Å².